The van der Waals surface area contributed by atoms with Crippen LogP contribution in [0.25, 0.3) is 0 Å². The number of imide groups is 1. The maximum atomic E-state index is 12.8. The molecule has 3 rings (SSSR count). The van der Waals surface area contributed by atoms with Gasteiger partial charge < -0.3 is 5.32 Å². The number of benzene rings is 1. The van der Waals surface area contributed by atoms with Crippen LogP contribution in [0.4, 0.5) is 0 Å². The van der Waals surface area contributed by atoms with E-state index in [0.29, 0.717) is 18.9 Å². The van der Waals surface area contributed by atoms with Crippen molar-refractivity contribution in [2.45, 2.75) is 31.6 Å². The zero-order valence-electron chi connectivity index (χ0n) is 12.5. The first-order valence-corrected chi connectivity index (χ1v) is 7.72. The summed E-state index contributed by atoms with van der Waals surface area (Å²) in [7, 11) is 0. The molecule has 2 aliphatic rings. The number of piperidine rings is 1. The molecule has 0 saturated carbocycles. The fraction of sp³-hybridized carbons (Fsp3) is 0.529. The van der Waals surface area contributed by atoms with Crippen molar-refractivity contribution < 1.29 is 9.59 Å². The highest BCUT2D eigenvalue weighted by Gasteiger charge is 2.49. The highest BCUT2D eigenvalue weighted by molar-refractivity contribution is 6.08. The second-order valence-electron chi connectivity index (χ2n) is 6.38. The summed E-state index contributed by atoms with van der Waals surface area (Å²) in [5, 5.41) is 3.32. The number of carbonyl (C=O) groups excluding carboxylic acids is 2. The Morgan fingerprint density at radius 2 is 1.86 bits per heavy atom. The minimum atomic E-state index is -0.689. The Morgan fingerprint density at radius 3 is 2.52 bits per heavy atom. The molecule has 4 heteroatoms. The maximum Gasteiger partial charge on any atom is 0.240 e. The number of hydrogen-bond acceptors (Lipinski definition) is 3. The van der Waals surface area contributed by atoms with Gasteiger partial charge in [0, 0.05) is 13.0 Å². The van der Waals surface area contributed by atoms with Gasteiger partial charge in [-0.25, -0.2) is 0 Å². The van der Waals surface area contributed by atoms with Crippen LogP contribution in [0.15, 0.2) is 30.3 Å². The number of hydrogen-bond donors (Lipinski definition) is 1. The van der Waals surface area contributed by atoms with Crippen molar-refractivity contribution in [2.75, 3.05) is 19.6 Å². The largest absolute Gasteiger partial charge is 0.317 e. The molecule has 0 bridgehead atoms. The SMILES string of the molecule is CC1(c2ccccc2)CC(=O)N(CC2CCNCC2)C1=O. The van der Waals surface area contributed by atoms with Gasteiger partial charge in [0.15, 0.2) is 0 Å². The predicted molar refractivity (Wildman–Crippen MR) is 80.7 cm³/mol. The standard InChI is InChI=1S/C17H22N2O2/c1-17(14-5-3-2-4-6-14)11-15(20)19(16(17)21)12-13-7-9-18-10-8-13/h2-6,13,18H,7-12H2,1H3. The van der Waals surface area contributed by atoms with E-state index in [1.54, 1.807) is 0 Å². The molecule has 2 aliphatic heterocycles. The van der Waals surface area contributed by atoms with Crippen molar-refractivity contribution >= 4 is 11.8 Å². The summed E-state index contributed by atoms with van der Waals surface area (Å²) in [4.78, 5) is 26.6. The molecule has 1 N–H and O–H groups in total. The molecule has 4 nitrogen and oxygen atoms in total. The first-order chi connectivity index (χ1) is 10.1. The van der Waals surface area contributed by atoms with Gasteiger partial charge in [0.05, 0.1) is 5.41 Å². The van der Waals surface area contributed by atoms with E-state index in [-0.39, 0.29) is 11.8 Å². The van der Waals surface area contributed by atoms with Crippen LogP contribution in [0.1, 0.15) is 31.7 Å². The minimum absolute atomic E-state index is 0.0233. The molecule has 21 heavy (non-hydrogen) atoms. The Hall–Kier alpha value is -1.68. The zero-order chi connectivity index (χ0) is 14.9. The summed E-state index contributed by atoms with van der Waals surface area (Å²) >= 11 is 0. The normalized spacial score (nSPS) is 27.4. The van der Waals surface area contributed by atoms with E-state index in [4.69, 9.17) is 0 Å². The van der Waals surface area contributed by atoms with E-state index in [1.165, 1.54) is 4.90 Å². The highest BCUT2D eigenvalue weighted by Crippen LogP contribution is 2.36. The molecule has 112 valence electrons. The lowest BCUT2D eigenvalue weighted by atomic mass is 9.81. The van der Waals surface area contributed by atoms with Crippen molar-refractivity contribution in [3.63, 3.8) is 0 Å². The molecule has 2 saturated heterocycles. The molecule has 1 unspecified atom stereocenters. The minimum Gasteiger partial charge on any atom is -0.317 e. The van der Waals surface area contributed by atoms with Gasteiger partial charge in [-0.3, -0.25) is 14.5 Å². The van der Waals surface area contributed by atoms with Crippen LogP contribution in [0.3, 0.4) is 0 Å². The van der Waals surface area contributed by atoms with Crippen LogP contribution in [-0.4, -0.2) is 36.3 Å². The molecule has 2 heterocycles. The van der Waals surface area contributed by atoms with Gasteiger partial charge in [0.1, 0.15) is 0 Å². The van der Waals surface area contributed by atoms with E-state index in [2.05, 4.69) is 5.32 Å². The molecule has 2 fully saturated rings. The molecular weight excluding hydrogens is 264 g/mol. The van der Waals surface area contributed by atoms with Gasteiger partial charge >= 0.3 is 0 Å². The fourth-order valence-electron chi connectivity index (χ4n) is 3.42. The van der Waals surface area contributed by atoms with Crippen molar-refractivity contribution in [3.05, 3.63) is 35.9 Å². The van der Waals surface area contributed by atoms with Crippen molar-refractivity contribution in [1.82, 2.24) is 10.2 Å². The number of likely N-dealkylation sites (tertiary alicyclic amines) is 1. The Morgan fingerprint density at radius 1 is 1.19 bits per heavy atom. The summed E-state index contributed by atoms with van der Waals surface area (Å²) in [5.41, 5.74) is 0.252. The average Bonchev–Trinajstić information content (AvgIpc) is 2.74. The number of nitrogens with zero attached hydrogens (tertiary/aromatic N) is 1. The lowest BCUT2D eigenvalue weighted by molar-refractivity contribution is -0.140. The summed E-state index contributed by atoms with van der Waals surface area (Å²) < 4.78 is 0. The van der Waals surface area contributed by atoms with E-state index in [0.717, 1.165) is 31.5 Å². The van der Waals surface area contributed by atoms with Crippen LogP contribution >= 0.6 is 0 Å². The van der Waals surface area contributed by atoms with E-state index in [1.807, 2.05) is 37.3 Å². The second kappa shape index (κ2) is 5.60. The Kier molecular flexibility index (Phi) is 3.81. The number of carbonyl (C=O) groups is 2. The third-order valence-electron chi connectivity index (χ3n) is 4.83. The Labute approximate surface area is 125 Å². The topological polar surface area (TPSA) is 49.4 Å². The van der Waals surface area contributed by atoms with Crippen molar-refractivity contribution in [3.8, 4) is 0 Å². The number of nitrogens with one attached hydrogen (secondary N) is 1. The molecular formula is C17H22N2O2. The zero-order valence-corrected chi connectivity index (χ0v) is 12.5. The van der Waals surface area contributed by atoms with Crippen LogP contribution in [0.2, 0.25) is 0 Å². The Balaban J connectivity index is 1.78. The van der Waals surface area contributed by atoms with Gasteiger partial charge in [-0.05, 0) is 44.3 Å². The highest BCUT2D eigenvalue weighted by atomic mass is 16.2. The maximum absolute atomic E-state index is 12.8. The first kappa shape index (κ1) is 14.3. The van der Waals surface area contributed by atoms with Crippen LogP contribution < -0.4 is 5.32 Å². The molecule has 1 aromatic carbocycles. The van der Waals surface area contributed by atoms with Gasteiger partial charge in [-0.15, -0.1) is 0 Å². The monoisotopic (exact) mass is 286 g/mol. The van der Waals surface area contributed by atoms with Gasteiger partial charge in [-0.2, -0.15) is 0 Å². The van der Waals surface area contributed by atoms with Gasteiger partial charge in [-0.1, -0.05) is 30.3 Å². The molecule has 0 aromatic heterocycles. The fourth-order valence-corrected chi connectivity index (χ4v) is 3.42. The summed E-state index contributed by atoms with van der Waals surface area (Å²) in [6.45, 7) is 4.44. The lowest BCUT2D eigenvalue weighted by Gasteiger charge is -2.28. The first-order valence-electron chi connectivity index (χ1n) is 7.72. The average molecular weight is 286 g/mol. The molecule has 0 spiro atoms. The summed E-state index contributed by atoms with van der Waals surface area (Å²) in [6, 6.07) is 9.67. The van der Waals surface area contributed by atoms with E-state index in [9.17, 15) is 9.59 Å². The van der Waals surface area contributed by atoms with Crippen molar-refractivity contribution in [2.24, 2.45) is 5.92 Å². The van der Waals surface area contributed by atoms with Gasteiger partial charge in [0.25, 0.3) is 0 Å². The van der Waals surface area contributed by atoms with Crippen LogP contribution in [-0.2, 0) is 15.0 Å². The Bertz CT molecular complexity index is 537. The lowest BCUT2D eigenvalue weighted by Crippen LogP contribution is -2.41. The molecule has 0 aliphatic carbocycles. The van der Waals surface area contributed by atoms with Crippen molar-refractivity contribution in [1.29, 1.82) is 0 Å². The van der Waals surface area contributed by atoms with E-state index < -0.39 is 5.41 Å². The number of amides is 2. The quantitative estimate of drug-likeness (QED) is 0.861. The molecule has 0 radical (unpaired) electrons. The second-order valence-corrected chi connectivity index (χ2v) is 6.38. The smallest absolute Gasteiger partial charge is 0.240 e. The van der Waals surface area contributed by atoms with Crippen LogP contribution in [0.5, 0.6) is 0 Å². The van der Waals surface area contributed by atoms with E-state index >= 15 is 0 Å². The summed E-state index contributed by atoms with van der Waals surface area (Å²) in [5.74, 6) is 0.388. The molecule has 1 aromatic rings. The number of rotatable bonds is 3. The molecule has 1 atom stereocenters. The van der Waals surface area contributed by atoms with Gasteiger partial charge in [0.2, 0.25) is 11.8 Å². The predicted octanol–water partition coefficient (Wildman–Crippen LogP) is 1.70. The third kappa shape index (κ3) is 2.60. The molecule has 2 amide bonds. The third-order valence-corrected chi connectivity index (χ3v) is 4.83. The van der Waals surface area contributed by atoms with Crippen LogP contribution in [0, 0.1) is 5.92 Å². The summed E-state index contributed by atoms with van der Waals surface area (Å²) in [6.07, 6.45) is 2.37.